The first-order valence-corrected chi connectivity index (χ1v) is 5.84. The van der Waals surface area contributed by atoms with Crippen LogP contribution in [0, 0.1) is 0 Å². The van der Waals surface area contributed by atoms with Crippen LogP contribution in [0.15, 0.2) is 24.3 Å². The van der Waals surface area contributed by atoms with Crippen LogP contribution in [0.5, 0.6) is 5.75 Å². The number of aromatic hydroxyl groups is 1. The molecule has 1 aromatic carbocycles. The van der Waals surface area contributed by atoms with Crippen molar-refractivity contribution in [2.75, 3.05) is 6.54 Å². The van der Waals surface area contributed by atoms with E-state index in [1.807, 2.05) is 0 Å². The van der Waals surface area contributed by atoms with Crippen molar-refractivity contribution in [1.29, 1.82) is 0 Å². The average molecular weight is 223 g/mol. The van der Waals surface area contributed by atoms with Crippen molar-refractivity contribution in [1.82, 2.24) is 5.32 Å². The molecule has 16 heavy (non-hydrogen) atoms. The summed E-state index contributed by atoms with van der Waals surface area (Å²) in [6.07, 6.45) is 1.74. The van der Waals surface area contributed by atoms with Crippen molar-refractivity contribution in [2.24, 2.45) is 0 Å². The summed E-state index contributed by atoms with van der Waals surface area (Å²) in [6.45, 7) is 4.81. The standard InChI is InChI=1S/C13H21NO2/c1-3-4-10(2)14-9-13(16)11-5-7-12(15)8-6-11/h5-8,10,13-16H,3-4,9H2,1-2H3/t10-,13+/m1/s1. The summed E-state index contributed by atoms with van der Waals surface area (Å²) in [7, 11) is 0. The third-order valence-corrected chi connectivity index (χ3v) is 2.66. The maximum absolute atomic E-state index is 9.88. The molecule has 0 bridgehead atoms. The molecule has 0 aliphatic rings. The molecular weight excluding hydrogens is 202 g/mol. The number of rotatable bonds is 6. The zero-order valence-corrected chi connectivity index (χ0v) is 9.98. The highest BCUT2D eigenvalue weighted by Crippen LogP contribution is 2.16. The van der Waals surface area contributed by atoms with Crippen LogP contribution in [0.3, 0.4) is 0 Å². The van der Waals surface area contributed by atoms with Crippen LogP contribution in [-0.4, -0.2) is 22.8 Å². The highest BCUT2D eigenvalue weighted by Gasteiger charge is 2.08. The number of hydrogen-bond acceptors (Lipinski definition) is 3. The van der Waals surface area contributed by atoms with Crippen LogP contribution in [0.4, 0.5) is 0 Å². The van der Waals surface area contributed by atoms with Crippen LogP contribution in [-0.2, 0) is 0 Å². The lowest BCUT2D eigenvalue weighted by molar-refractivity contribution is 0.170. The summed E-state index contributed by atoms with van der Waals surface area (Å²) in [5, 5.41) is 22.3. The summed E-state index contributed by atoms with van der Waals surface area (Å²) in [4.78, 5) is 0. The van der Waals surface area contributed by atoms with Crippen LogP contribution < -0.4 is 5.32 Å². The van der Waals surface area contributed by atoms with E-state index >= 15 is 0 Å². The van der Waals surface area contributed by atoms with Gasteiger partial charge in [-0.05, 0) is 31.0 Å². The number of phenols is 1. The highest BCUT2D eigenvalue weighted by atomic mass is 16.3. The molecule has 0 unspecified atom stereocenters. The fourth-order valence-electron chi connectivity index (χ4n) is 1.66. The molecule has 0 aliphatic carbocycles. The minimum atomic E-state index is -0.514. The van der Waals surface area contributed by atoms with Crippen molar-refractivity contribution < 1.29 is 10.2 Å². The van der Waals surface area contributed by atoms with Crippen LogP contribution in [0.25, 0.3) is 0 Å². The summed E-state index contributed by atoms with van der Waals surface area (Å²) in [5.41, 5.74) is 0.828. The molecule has 3 nitrogen and oxygen atoms in total. The van der Waals surface area contributed by atoms with Gasteiger partial charge in [0.2, 0.25) is 0 Å². The molecule has 0 fully saturated rings. The maximum Gasteiger partial charge on any atom is 0.115 e. The van der Waals surface area contributed by atoms with E-state index in [0.29, 0.717) is 12.6 Å². The van der Waals surface area contributed by atoms with Crippen LogP contribution >= 0.6 is 0 Å². The molecule has 1 rings (SSSR count). The fraction of sp³-hybridized carbons (Fsp3) is 0.538. The smallest absolute Gasteiger partial charge is 0.115 e. The number of phenolic OH excluding ortho intramolecular Hbond substituents is 1. The molecule has 0 aromatic heterocycles. The second-order valence-corrected chi connectivity index (χ2v) is 4.21. The second kappa shape index (κ2) is 6.51. The van der Waals surface area contributed by atoms with Crippen LogP contribution in [0.2, 0.25) is 0 Å². The lowest BCUT2D eigenvalue weighted by Crippen LogP contribution is -2.30. The van der Waals surface area contributed by atoms with E-state index in [-0.39, 0.29) is 5.75 Å². The molecule has 1 aromatic rings. The monoisotopic (exact) mass is 223 g/mol. The summed E-state index contributed by atoms with van der Waals surface area (Å²) < 4.78 is 0. The van der Waals surface area contributed by atoms with Gasteiger partial charge < -0.3 is 15.5 Å². The Bertz CT molecular complexity index is 297. The first-order chi connectivity index (χ1) is 7.63. The first kappa shape index (κ1) is 13.0. The van der Waals surface area contributed by atoms with E-state index in [1.54, 1.807) is 24.3 Å². The molecule has 0 saturated heterocycles. The number of hydrogen-bond donors (Lipinski definition) is 3. The first-order valence-electron chi connectivity index (χ1n) is 5.84. The predicted octanol–water partition coefficient (Wildman–Crippen LogP) is 2.20. The largest absolute Gasteiger partial charge is 0.508 e. The Labute approximate surface area is 97.1 Å². The van der Waals surface area contributed by atoms with Gasteiger partial charge in [-0.25, -0.2) is 0 Å². The minimum absolute atomic E-state index is 0.225. The Kier molecular flexibility index (Phi) is 5.29. The van der Waals surface area contributed by atoms with E-state index in [4.69, 9.17) is 5.11 Å². The van der Waals surface area contributed by atoms with Gasteiger partial charge in [-0.3, -0.25) is 0 Å². The molecule has 0 aliphatic heterocycles. The Hall–Kier alpha value is -1.06. The lowest BCUT2D eigenvalue weighted by Gasteiger charge is -2.16. The molecule has 0 amide bonds. The number of aliphatic hydroxyl groups excluding tert-OH is 1. The number of nitrogens with one attached hydrogen (secondary N) is 1. The van der Waals surface area contributed by atoms with Crippen molar-refractivity contribution in [3.8, 4) is 5.75 Å². The van der Waals surface area contributed by atoms with Gasteiger partial charge >= 0.3 is 0 Å². The molecule has 3 heteroatoms. The normalized spacial score (nSPS) is 14.7. The third-order valence-electron chi connectivity index (χ3n) is 2.66. The van der Waals surface area contributed by atoms with Crippen molar-refractivity contribution in [2.45, 2.75) is 38.8 Å². The Morgan fingerprint density at radius 1 is 1.25 bits per heavy atom. The van der Waals surface area contributed by atoms with E-state index in [1.165, 1.54) is 0 Å². The van der Waals surface area contributed by atoms with Gasteiger partial charge in [0.15, 0.2) is 0 Å². The Morgan fingerprint density at radius 2 is 1.88 bits per heavy atom. The molecular formula is C13H21NO2. The number of benzene rings is 1. The van der Waals surface area contributed by atoms with Gasteiger partial charge in [-0.1, -0.05) is 25.5 Å². The van der Waals surface area contributed by atoms with Gasteiger partial charge in [0.25, 0.3) is 0 Å². The Morgan fingerprint density at radius 3 is 2.44 bits per heavy atom. The van der Waals surface area contributed by atoms with E-state index in [2.05, 4.69) is 19.2 Å². The zero-order chi connectivity index (χ0) is 12.0. The van der Waals surface area contributed by atoms with Crippen molar-refractivity contribution in [3.63, 3.8) is 0 Å². The van der Waals surface area contributed by atoms with E-state index in [0.717, 1.165) is 18.4 Å². The van der Waals surface area contributed by atoms with Gasteiger partial charge in [0, 0.05) is 12.6 Å². The quantitative estimate of drug-likeness (QED) is 0.693. The van der Waals surface area contributed by atoms with Gasteiger partial charge in [-0.2, -0.15) is 0 Å². The lowest BCUT2D eigenvalue weighted by atomic mass is 10.1. The van der Waals surface area contributed by atoms with Gasteiger partial charge in [0.1, 0.15) is 5.75 Å². The predicted molar refractivity (Wildman–Crippen MR) is 65.4 cm³/mol. The van der Waals surface area contributed by atoms with Crippen molar-refractivity contribution in [3.05, 3.63) is 29.8 Å². The minimum Gasteiger partial charge on any atom is -0.508 e. The maximum atomic E-state index is 9.88. The highest BCUT2D eigenvalue weighted by molar-refractivity contribution is 5.27. The van der Waals surface area contributed by atoms with Crippen LogP contribution in [0.1, 0.15) is 38.4 Å². The SMILES string of the molecule is CCC[C@@H](C)NC[C@H](O)c1ccc(O)cc1. The topological polar surface area (TPSA) is 52.5 Å². The molecule has 90 valence electrons. The molecule has 0 spiro atoms. The molecule has 0 radical (unpaired) electrons. The average Bonchev–Trinajstić information content (AvgIpc) is 2.27. The number of aliphatic hydroxyl groups is 1. The summed E-state index contributed by atoms with van der Waals surface area (Å²) in [6, 6.07) is 7.09. The van der Waals surface area contributed by atoms with Crippen molar-refractivity contribution >= 4 is 0 Å². The van der Waals surface area contributed by atoms with E-state index in [9.17, 15) is 5.11 Å². The van der Waals surface area contributed by atoms with Gasteiger partial charge in [-0.15, -0.1) is 0 Å². The molecule has 3 N–H and O–H groups in total. The third kappa shape index (κ3) is 4.21. The zero-order valence-electron chi connectivity index (χ0n) is 9.98. The summed E-state index contributed by atoms with van der Waals surface area (Å²) in [5.74, 6) is 0.225. The summed E-state index contributed by atoms with van der Waals surface area (Å²) >= 11 is 0. The molecule has 0 heterocycles. The molecule has 0 saturated carbocycles. The second-order valence-electron chi connectivity index (χ2n) is 4.21. The molecule has 2 atom stereocenters. The van der Waals surface area contributed by atoms with E-state index < -0.39 is 6.10 Å². The van der Waals surface area contributed by atoms with Gasteiger partial charge in [0.05, 0.1) is 6.10 Å². The Balaban J connectivity index is 2.40. The fourth-order valence-corrected chi connectivity index (χ4v) is 1.66.